The number of carboxylic acid groups (broad SMARTS) is 1. The first kappa shape index (κ1) is 9.14. The van der Waals surface area contributed by atoms with Gasteiger partial charge in [0.05, 0.1) is 5.75 Å². The summed E-state index contributed by atoms with van der Waals surface area (Å²) < 4.78 is 20.9. The van der Waals surface area contributed by atoms with E-state index in [4.69, 9.17) is 5.11 Å². The summed E-state index contributed by atoms with van der Waals surface area (Å²) in [7, 11) is -3.26. The van der Waals surface area contributed by atoms with Crippen LogP contribution in [0.25, 0.3) is 0 Å². The maximum absolute atomic E-state index is 10.4. The van der Waals surface area contributed by atoms with Crippen LogP contribution < -0.4 is 0 Å². The lowest BCUT2D eigenvalue weighted by Gasteiger charge is -2.02. The monoisotopic (exact) mass is 207 g/mol. The molecule has 0 aliphatic carbocycles. The van der Waals surface area contributed by atoms with Crippen LogP contribution in [0.1, 0.15) is 0 Å². The van der Waals surface area contributed by atoms with Gasteiger partial charge in [-0.25, -0.2) is 4.79 Å². The zero-order chi connectivity index (χ0) is 9.14. The molecule has 0 radical (unpaired) electrons. The van der Waals surface area contributed by atoms with Gasteiger partial charge in [0, 0.05) is 6.20 Å². The van der Waals surface area contributed by atoms with Crippen molar-refractivity contribution in [3.8, 4) is 0 Å². The maximum atomic E-state index is 10.4. The van der Waals surface area contributed by atoms with E-state index in [1.54, 1.807) is 0 Å². The predicted octanol–water partition coefficient (Wildman–Crippen LogP) is -0.591. The highest BCUT2D eigenvalue weighted by molar-refractivity contribution is 8.35. The number of rotatable bonds is 1. The first-order valence-corrected chi connectivity index (χ1v) is 5.92. The summed E-state index contributed by atoms with van der Waals surface area (Å²) in [6.07, 6.45) is 1.21. The van der Waals surface area contributed by atoms with Gasteiger partial charge in [0.2, 0.25) is 9.26 Å². The molecule has 1 aliphatic heterocycles. The van der Waals surface area contributed by atoms with Crippen LogP contribution in [-0.4, -0.2) is 31.0 Å². The number of aliphatic carboxylic acids is 1. The number of aliphatic imine (C=N–C) groups is 1. The number of hydrogen-bond acceptors (Lipinski definition) is 4. The van der Waals surface area contributed by atoms with Gasteiger partial charge in [0.15, 0.2) is 0 Å². The van der Waals surface area contributed by atoms with Crippen LogP contribution in [-0.2, 0) is 23.5 Å². The first-order valence-electron chi connectivity index (χ1n) is 2.87. The molecule has 1 N–H and O–H groups in total. The zero-order valence-electron chi connectivity index (χ0n) is 5.80. The third-order valence-corrected chi connectivity index (χ3v) is 4.21. The maximum Gasteiger partial charge on any atom is 0.351 e. The van der Waals surface area contributed by atoms with Gasteiger partial charge in [0.1, 0.15) is 5.71 Å². The van der Waals surface area contributed by atoms with E-state index in [1.165, 1.54) is 11.6 Å². The molecule has 0 aromatic rings. The lowest BCUT2D eigenvalue weighted by atomic mass is 10.4. The van der Waals surface area contributed by atoms with Crippen molar-refractivity contribution < 1.29 is 18.3 Å². The summed E-state index contributed by atoms with van der Waals surface area (Å²) in [6, 6.07) is 0. The van der Waals surface area contributed by atoms with Crippen molar-refractivity contribution in [3.63, 3.8) is 0 Å². The third-order valence-electron chi connectivity index (χ3n) is 1.14. The molecule has 5 nitrogen and oxygen atoms in total. The molecule has 0 bridgehead atoms. The molecule has 1 unspecified atom stereocenters. The van der Waals surface area contributed by atoms with E-state index in [0.29, 0.717) is 0 Å². The second-order valence-corrected chi connectivity index (χ2v) is 5.73. The van der Waals surface area contributed by atoms with Gasteiger partial charge in [-0.1, -0.05) is 0 Å². The highest BCUT2D eigenvalue weighted by atomic mass is 32.9. The SMILES string of the molecule is O=C(O)C1=NC=CS(=S(=O)=O)C1. The van der Waals surface area contributed by atoms with Gasteiger partial charge in [0.25, 0.3) is 0 Å². The molecule has 1 aliphatic rings. The van der Waals surface area contributed by atoms with E-state index in [-0.39, 0.29) is 11.5 Å². The van der Waals surface area contributed by atoms with E-state index in [1.807, 2.05) is 0 Å². The highest BCUT2D eigenvalue weighted by Gasteiger charge is 2.13. The molecular formula is C5H5NO4S2. The van der Waals surface area contributed by atoms with E-state index in [9.17, 15) is 13.2 Å². The van der Waals surface area contributed by atoms with Crippen LogP contribution in [0.2, 0.25) is 0 Å². The second kappa shape index (κ2) is 3.63. The average molecular weight is 207 g/mol. The first-order chi connectivity index (χ1) is 5.61. The minimum Gasteiger partial charge on any atom is -0.477 e. The fourth-order valence-electron chi connectivity index (χ4n) is 0.619. The van der Waals surface area contributed by atoms with Gasteiger partial charge in [-0.3, -0.25) is 4.99 Å². The Morgan fingerprint density at radius 2 is 2.33 bits per heavy atom. The Labute approximate surface area is 71.6 Å². The van der Waals surface area contributed by atoms with Gasteiger partial charge >= 0.3 is 5.97 Å². The summed E-state index contributed by atoms with van der Waals surface area (Å²) >= 11 is 0. The molecule has 0 saturated heterocycles. The van der Waals surface area contributed by atoms with Crippen molar-refractivity contribution in [2.45, 2.75) is 0 Å². The fourth-order valence-corrected chi connectivity index (χ4v) is 2.61. The summed E-state index contributed by atoms with van der Waals surface area (Å²) in [5.74, 6) is -1.19. The fraction of sp³-hybridized carbons (Fsp3) is 0.200. The lowest BCUT2D eigenvalue weighted by molar-refractivity contribution is -0.129. The molecule has 1 heterocycles. The zero-order valence-corrected chi connectivity index (χ0v) is 7.43. The van der Waals surface area contributed by atoms with Crippen molar-refractivity contribution in [3.05, 3.63) is 11.6 Å². The smallest absolute Gasteiger partial charge is 0.351 e. The van der Waals surface area contributed by atoms with Crippen molar-refractivity contribution in [2.75, 3.05) is 5.75 Å². The van der Waals surface area contributed by atoms with E-state index >= 15 is 0 Å². The van der Waals surface area contributed by atoms with Gasteiger partial charge in [-0.15, -0.1) is 0 Å². The lowest BCUT2D eigenvalue weighted by Crippen LogP contribution is -2.21. The highest BCUT2D eigenvalue weighted by Crippen LogP contribution is 1.99. The molecular weight excluding hydrogens is 202 g/mol. The Morgan fingerprint density at radius 3 is 2.83 bits per heavy atom. The average Bonchev–Trinajstić information content (AvgIpc) is 2.04. The minimum atomic E-state index is -2.24. The normalized spacial score (nSPS) is 21.7. The quantitative estimate of drug-likeness (QED) is 0.622. The van der Waals surface area contributed by atoms with E-state index in [0.717, 1.165) is 0 Å². The number of hydrogen-bond donors (Lipinski definition) is 1. The Kier molecular flexibility index (Phi) is 2.77. The van der Waals surface area contributed by atoms with Crippen LogP contribution in [0, 0.1) is 0 Å². The van der Waals surface area contributed by atoms with Crippen molar-refractivity contribution in [1.82, 2.24) is 0 Å². The molecule has 0 amide bonds. The molecule has 0 aromatic heterocycles. The van der Waals surface area contributed by atoms with Gasteiger partial charge < -0.3 is 5.11 Å². The molecule has 0 spiro atoms. The Hall–Kier alpha value is -0.950. The summed E-state index contributed by atoms with van der Waals surface area (Å²) in [5.41, 5.74) is -0.106. The minimum absolute atomic E-state index is 0.0258. The molecule has 12 heavy (non-hydrogen) atoms. The predicted molar refractivity (Wildman–Crippen MR) is 45.4 cm³/mol. The van der Waals surface area contributed by atoms with Crippen LogP contribution >= 0.6 is 0 Å². The molecule has 1 rings (SSSR count). The van der Waals surface area contributed by atoms with Gasteiger partial charge in [-0.05, 0) is 14.9 Å². The van der Waals surface area contributed by atoms with Crippen LogP contribution in [0.5, 0.6) is 0 Å². The van der Waals surface area contributed by atoms with Crippen LogP contribution in [0.3, 0.4) is 0 Å². The number of carbonyl (C=O) groups is 1. The van der Waals surface area contributed by atoms with Crippen LogP contribution in [0.4, 0.5) is 0 Å². The Morgan fingerprint density at radius 1 is 1.67 bits per heavy atom. The third kappa shape index (κ3) is 2.02. The Bertz CT molecular complexity index is 395. The second-order valence-electron chi connectivity index (χ2n) is 1.90. The molecule has 0 fully saturated rings. The molecule has 0 saturated carbocycles. The summed E-state index contributed by atoms with van der Waals surface area (Å²) in [5, 5.41) is 9.86. The molecule has 66 valence electrons. The standard InChI is InChI=1S/C5H5NO4S2/c7-5(8)4-3-11(12(9)10)2-1-6-4/h1-2H,3H2,(H,7,8). The summed E-state index contributed by atoms with van der Waals surface area (Å²) in [4.78, 5) is 13.9. The van der Waals surface area contributed by atoms with Crippen LogP contribution in [0.15, 0.2) is 16.6 Å². The number of carboxylic acids is 1. The van der Waals surface area contributed by atoms with Crippen molar-refractivity contribution in [1.29, 1.82) is 0 Å². The van der Waals surface area contributed by atoms with E-state index < -0.39 is 24.7 Å². The van der Waals surface area contributed by atoms with Gasteiger partial charge in [-0.2, -0.15) is 8.42 Å². The number of nitrogens with zero attached hydrogens (tertiary/aromatic N) is 1. The molecule has 0 aromatic carbocycles. The Balaban J connectivity index is 3.05. The van der Waals surface area contributed by atoms with Crippen molar-refractivity contribution >= 4 is 30.4 Å². The van der Waals surface area contributed by atoms with Crippen molar-refractivity contribution in [2.24, 2.45) is 4.99 Å². The van der Waals surface area contributed by atoms with E-state index in [2.05, 4.69) is 4.99 Å². The summed E-state index contributed by atoms with van der Waals surface area (Å²) in [6.45, 7) is 0. The molecule has 7 heteroatoms. The topological polar surface area (TPSA) is 83.8 Å². The molecule has 1 atom stereocenters. The largest absolute Gasteiger partial charge is 0.477 e.